The third kappa shape index (κ3) is 3.98. The van der Waals surface area contributed by atoms with E-state index in [4.69, 9.17) is 4.98 Å². The van der Waals surface area contributed by atoms with E-state index in [-0.39, 0.29) is 12.2 Å². The molecule has 4 aromatic heterocycles. The zero-order valence-corrected chi connectivity index (χ0v) is 19.4. The molecule has 1 aromatic carbocycles. The number of benzene rings is 1. The van der Waals surface area contributed by atoms with E-state index in [1.807, 2.05) is 25.1 Å². The molecule has 0 aliphatic heterocycles. The number of aromatic amines is 1. The number of rotatable bonds is 5. The van der Waals surface area contributed by atoms with Crippen molar-refractivity contribution in [3.63, 3.8) is 0 Å². The third-order valence-electron chi connectivity index (χ3n) is 5.91. The first-order valence-electron chi connectivity index (χ1n) is 11.0. The molecule has 0 saturated heterocycles. The molecular formula is C25H22N8O2. The largest absolute Gasteiger partial charge is 0.618 e. The van der Waals surface area contributed by atoms with E-state index in [0.29, 0.717) is 33.8 Å². The van der Waals surface area contributed by atoms with Gasteiger partial charge in [0.15, 0.2) is 5.65 Å². The molecule has 174 valence electrons. The minimum atomic E-state index is -1.27. The van der Waals surface area contributed by atoms with Gasteiger partial charge < -0.3 is 15.3 Å². The van der Waals surface area contributed by atoms with Crippen LogP contribution < -0.4 is 4.73 Å². The highest BCUT2D eigenvalue weighted by atomic mass is 16.5. The van der Waals surface area contributed by atoms with Crippen LogP contribution >= 0.6 is 0 Å². The molecule has 0 saturated carbocycles. The van der Waals surface area contributed by atoms with Crippen LogP contribution in [0.15, 0.2) is 55.0 Å². The molecule has 0 bridgehead atoms. The monoisotopic (exact) mass is 466 g/mol. The van der Waals surface area contributed by atoms with E-state index in [2.05, 4.69) is 26.3 Å². The number of nitrogens with one attached hydrogen (secondary N) is 1. The number of hydrogen-bond donors (Lipinski definition) is 2. The summed E-state index contributed by atoms with van der Waals surface area (Å²) in [4.78, 5) is 12.2. The van der Waals surface area contributed by atoms with Gasteiger partial charge in [-0.2, -0.15) is 9.99 Å². The van der Waals surface area contributed by atoms with Crippen molar-refractivity contribution in [2.45, 2.75) is 32.9 Å². The smallest absolute Gasteiger partial charge is 0.224 e. The van der Waals surface area contributed by atoms with Crippen LogP contribution in [0.5, 0.6) is 0 Å². The lowest BCUT2D eigenvalue weighted by Gasteiger charge is -2.18. The first-order chi connectivity index (χ1) is 16.8. The van der Waals surface area contributed by atoms with Crippen LogP contribution in [0, 0.1) is 23.5 Å². The van der Waals surface area contributed by atoms with Gasteiger partial charge in [0.2, 0.25) is 11.4 Å². The van der Waals surface area contributed by atoms with Gasteiger partial charge in [-0.25, -0.2) is 14.6 Å². The highest BCUT2D eigenvalue weighted by molar-refractivity contribution is 5.91. The van der Waals surface area contributed by atoms with E-state index < -0.39 is 5.60 Å². The highest BCUT2D eigenvalue weighted by Crippen LogP contribution is 2.31. The second-order valence-electron chi connectivity index (χ2n) is 8.80. The topological polar surface area (TPSA) is 143 Å². The van der Waals surface area contributed by atoms with E-state index >= 15 is 0 Å². The molecule has 0 radical (unpaired) electrons. The lowest BCUT2D eigenvalue weighted by molar-refractivity contribution is -0.630. The van der Waals surface area contributed by atoms with Gasteiger partial charge in [0, 0.05) is 23.3 Å². The second kappa shape index (κ2) is 8.30. The van der Waals surface area contributed by atoms with Crippen LogP contribution in [0.25, 0.3) is 33.7 Å². The quantitative estimate of drug-likeness (QED) is 0.299. The summed E-state index contributed by atoms with van der Waals surface area (Å²) in [5, 5.41) is 41.0. The Morgan fingerprint density at radius 3 is 2.74 bits per heavy atom. The summed E-state index contributed by atoms with van der Waals surface area (Å²) in [5.74, 6) is 0. The molecule has 2 N–H and O–H groups in total. The SMILES string of the molecule is Cc1c(C#N)cccc1-c1cc(-c2cn(Cc3cccc(C(C)(C)O)[n+]3[O-])nn2)c2nc[nH]c2n1. The van der Waals surface area contributed by atoms with Crippen molar-refractivity contribution in [2.75, 3.05) is 0 Å². The maximum atomic E-state index is 12.8. The first kappa shape index (κ1) is 22.2. The minimum absolute atomic E-state index is 0.172. The normalized spacial score (nSPS) is 11.6. The lowest BCUT2D eigenvalue weighted by Crippen LogP contribution is -2.43. The van der Waals surface area contributed by atoms with Crippen molar-refractivity contribution in [1.29, 1.82) is 5.26 Å². The van der Waals surface area contributed by atoms with Gasteiger partial charge in [-0.1, -0.05) is 17.3 Å². The average Bonchev–Trinajstić information content (AvgIpc) is 3.49. The molecule has 5 aromatic rings. The molecule has 5 rings (SSSR count). The number of aromatic nitrogens is 7. The minimum Gasteiger partial charge on any atom is -0.618 e. The predicted octanol–water partition coefficient (Wildman–Crippen LogP) is 2.97. The second-order valence-corrected chi connectivity index (χ2v) is 8.80. The first-order valence-corrected chi connectivity index (χ1v) is 11.0. The van der Waals surface area contributed by atoms with Crippen molar-refractivity contribution < 1.29 is 9.84 Å². The van der Waals surface area contributed by atoms with Crippen molar-refractivity contribution in [3.05, 3.63) is 82.7 Å². The number of nitrogens with zero attached hydrogens (tertiary/aromatic N) is 7. The number of aliphatic hydroxyl groups is 1. The van der Waals surface area contributed by atoms with Gasteiger partial charge >= 0.3 is 0 Å². The summed E-state index contributed by atoms with van der Waals surface area (Å²) in [7, 11) is 0. The molecule has 0 atom stereocenters. The number of nitriles is 1. The van der Waals surface area contributed by atoms with Crippen molar-refractivity contribution in [3.8, 4) is 28.6 Å². The Balaban J connectivity index is 1.56. The van der Waals surface area contributed by atoms with Gasteiger partial charge in [-0.05, 0) is 44.5 Å². The van der Waals surface area contributed by atoms with Crippen LogP contribution in [-0.2, 0) is 12.1 Å². The number of imidazole rings is 1. The summed E-state index contributed by atoms with van der Waals surface area (Å²) in [6, 6.07) is 14.6. The number of fused-ring (bicyclic) bond motifs is 1. The fourth-order valence-electron chi connectivity index (χ4n) is 4.07. The molecule has 0 fully saturated rings. The van der Waals surface area contributed by atoms with Gasteiger partial charge in [-0.3, -0.25) is 0 Å². The van der Waals surface area contributed by atoms with Gasteiger partial charge in [0.05, 0.1) is 29.9 Å². The molecule has 10 heteroatoms. The summed E-state index contributed by atoms with van der Waals surface area (Å²) < 4.78 is 2.29. The summed E-state index contributed by atoms with van der Waals surface area (Å²) in [6.45, 7) is 5.20. The van der Waals surface area contributed by atoms with Gasteiger partial charge in [0.25, 0.3) is 0 Å². The molecular weight excluding hydrogens is 444 g/mol. The Morgan fingerprint density at radius 2 is 1.97 bits per heavy atom. The van der Waals surface area contributed by atoms with Crippen LogP contribution in [0.1, 0.15) is 36.4 Å². The Bertz CT molecular complexity index is 1600. The standard InChI is InChI=1S/C25H22N8O2/c1-15-16(11-26)6-4-8-18(15)20-10-19(23-24(29-20)28-14-27-23)21-13-32(31-30-21)12-17-7-5-9-22(33(17)35)25(2,3)34/h4-10,13-14,34H,12H2,1-3H3,(H,27,28,29). The average molecular weight is 467 g/mol. The fourth-order valence-corrected chi connectivity index (χ4v) is 4.07. The summed E-state index contributed by atoms with van der Waals surface area (Å²) >= 11 is 0. The molecule has 35 heavy (non-hydrogen) atoms. The van der Waals surface area contributed by atoms with Crippen molar-refractivity contribution in [2.24, 2.45) is 0 Å². The van der Waals surface area contributed by atoms with Crippen molar-refractivity contribution >= 4 is 11.2 Å². The number of H-pyrrole nitrogens is 1. The fraction of sp³-hybridized carbons (Fsp3) is 0.200. The third-order valence-corrected chi connectivity index (χ3v) is 5.91. The molecule has 0 spiro atoms. The lowest BCUT2D eigenvalue weighted by atomic mass is 9.99. The van der Waals surface area contributed by atoms with E-state index in [1.54, 1.807) is 55.3 Å². The molecule has 0 aliphatic carbocycles. The Morgan fingerprint density at radius 1 is 1.17 bits per heavy atom. The predicted molar refractivity (Wildman–Crippen MR) is 128 cm³/mol. The van der Waals surface area contributed by atoms with Crippen LogP contribution in [0.3, 0.4) is 0 Å². The van der Waals surface area contributed by atoms with Crippen LogP contribution in [-0.4, -0.2) is 35.1 Å². The molecule has 4 heterocycles. The van der Waals surface area contributed by atoms with E-state index in [1.165, 1.54) is 0 Å². The van der Waals surface area contributed by atoms with Gasteiger partial charge in [0.1, 0.15) is 23.4 Å². The highest BCUT2D eigenvalue weighted by Gasteiger charge is 2.27. The van der Waals surface area contributed by atoms with Crippen LogP contribution in [0.4, 0.5) is 0 Å². The zero-order chi connectivity index (χ0) is 24.7. The molecule has 0 unspecified atom stereocenters. The molecule has 0 aliphatic rings. The Hall–Kier alpha value is -4.62. The van der Waals surface area contributed by atoms with Gasteiger partial charge in [-0.15, -0.1) is 5.10 Å². The maximum Gasteiger partial charge on any atom is 0.224 e. The van der Waals surface area contributed by atoms with E-state index in [9.17, 15) is 15.6 Å². The van der Waals surface area contributed by atoms with Crippen LogP contribution in [0.2, 0.25) is 0 Å². The Labute approximate surface area is 200 Å². The number of hydrogen-bond acceptors (Lipinski definition) is 7. The zero-order valence-electron chi connectivity index (χ0n) is 19.4. The number of pyridine rings is 2. The van der Waals surface area contributed by atoms with E-state index in [0.717, 1.165) is 21.4 Å². The molecule has 0 amide bonds. The molecule has 10 nitrogen and oxygen atoms in total. The van der Waals surface area contributed by atoms with Crippen molar-refractivity contribution in [1.82, 2.24) is 29.9 Å². The summed E-state index contributed by atoms with van der Waals surface area (Å²) in [6.07, 6.45) is 3.30. The Kier molecular flexibility index (Phi) is 5.26. The summed E-state index contributed by atoms with van der Waals surface area (Å²) in [5.41, 5.74) is 4.85. The maximum absolute atomic E-state index is 12.8.